The van der Waals surface area contributed by atoms with Crippen LogP contribution < -0.4 is 5.32 Å². The van der Waals surface area contributed by atoms with Gasteiger partial charge in [-0.2, -0.15) is 10.4 Å². The average Bonchev–Trinajstić information content (AvgIpc) is 3.09. The van der Waals surface area contributed by atoms with E-state index in [-0.39, 0.29) is 5.57 Å². The molecular weight excluding hydrogens is 312 g/mol. The van der Waals surface area contributed by atoms with Gasteiger partial charge in [-0.15, -0.1) is 0 Å². The first-order chi connectivity index (χ1) is 12.2. The van der Waals surface area contributed by atoms with Gasteiger partial charge in [-0.25, -0.2) is 4.68 Å². The van der Waals surface area contributed by atoms with Crippen molar-refractivity contribution in [2.24, 2.45) is 0 Å². The zero-order valence-corrected chi connectivity index (χ0v) is 13.7. The summed E-state index contributed by atoms with van der Waals surface area (Å²) in [7, 11) is 0. The Hall–Kier alpha value is -3.65. The number of nitrogens with zero attached hydrogens (tertiary/aromatic N) is 3. The number of hydrogen-bond acceptors (Lipinski definition) is 3. The van der Waals surface area contributed by atoms with Crippen LogP contribution in [0, 0.1) is 18.3 Å². The Kier molecular flexibility index (Phi) is 4.72. The van der Waals surface area contributed by atoms with Gasteiger partial charge >= 0.3 is 0 Å². The number of nitrogens with one attached hydrogen (secondary N) is 1. The van der Waals surface area contributed by atoms with Gasteiger partial charge in [-0.05, 0) is 42.8 Å². The quantitative estimate of drug-likeness (QED) is 0.586. The van der Waals surface area contributed by atoms with E-state index in [1.54, 1.807) is 23.1 Å². The third-order valence-electron chi connectivity index (χ3n) is 3.58. The Morgan fingerprint density at radius 2 is 2.00 bits per heavy atom. The number of nitriles is 1. The number of aromatic nitrogens is 2. The highest BCUT2D eigenvalue weighted by molar-refractivity contribution is 6.09. The minimum absolute atomic E-state index is 0.0223. The van der Waals surface area contributed by atoms with Crippen LogP contribution in [0.1, 0.15) is 11.1 Å². The molecular formula is C20H16N4O. The molecule has 3 aromatic rings. The summed E-state index contributed by atoms with van der Waals surface area (Å²) in [5.41, 5.74) is 3.30. The number of hydrogen-bond donors (Lipinski definition) is 1. The molecule has 0 aliphatic heterocycles. The third kappa shape index (κ3) is 4.01. The molecule has 0 bridgehead atoms. The van der Waals surface area contributed by atoms with E-state index in [9.17, 15) is 10.1 Å². The smallest absolute Gasteiger partial charge is 0.266 e. The van der Waals surface area contributed by atoms with E-state index in [0.717, 1.165) is 11.3 Å². The summed E-state index contributed by atoms with van der Waals surface area (Å²) in [6, 6.07) is 19.0. The predicted molar refractivity (Wildman–Crippen MR) is 97.0 cm³/mol. The largest absolute Gasteiger partial charge is 0.321 e. The van der Waals surface area contributed by atoms with Gasteiger partial charge in [0.05, 0.1) is 11.9 Å². The Morgan fingerprint density at radius 3 is 2.72 bits per heavy atom. The normalized spacial score (nSPS) is 11.0. The number of amides is 1. The minimum Gasteiger partial charge on any atom is -0.321 e. The molecule has 0 fully saturated rings. The molecule has 2 aromatic carbocycles. The molecule has 1 amide bonds. The Labute approximate surface area is 145 Å². The van der Waals surface area contributed by atoms with Crippen LogP contribution in [0.2, 0.25) is 0 Å². The second-order valence-corrected chi connectivity index (χ2v) is 5.55. The summed E-state index contributed by atoms with van der Waals surface area (Å²) in [6.07, 6.45) is 4.91. The number of rotatable bonds is 4. The Balaban J connectivity index is 1.80. The lowest BCUT2D eigenvalue weighted by Gasteiger charge is -2.04. The summed E-state index contributed by atoms with van der Waals surface area (Å²) >= 11 is 0. The lowest BCUT2D eigenvalue weighted by atomic mass is 10.2. The van der Waals surface area contributed by atoms with Crippen molar-refractivity contribution in [2.45, 2.75) is 6.92 Å². The molecule has 5 heteroatoms. The standard InChI is InChI=1S/C20H16N4O/c1-15-6-5-7-18(10-15)23-20(25)17(12-21)11-16-13-22-24(14-16)19-8-3-2-4-9-19/h2-11,13-14H,1H3,(H,23,25)/b17-11+. The second-order valence-electron chi connectivity index (χ2n) is 5.55. The number of aryl methyl sites for hydroxylation is 1. The van der Waals surface area contributed by atoms with Crippen molar-refractivity contribution in [3.8, 4) is 11.8 Å². The molecule has 3 rings (SSSR count). The van der Waals surface area contributed by atoms with Crippen molar-refractivity contribution < 1.29 is 4.79 Å². The van der Waals surface area contributed by atoms with Crippen LogP contribution in [0.4, 0.5) is 5.69 Å². The maximum Gasteiger partial charge on any atom is 0.266 e. The summed E-state index contributed by atoms with van der Waals surface area (Å²) < 4.78 is 1.69. The summed E-state index contributed by atoms with van der Waals surface area (Å²) in [5.74, 6) is -0.444. The van der Waals surface area contributed by atoms with Crippen molar-refractivity contribution in [2.75, 3.05) is 5.32 Å². The molecule has 25 heavy (non-hydrogen) atoms. The van der Waals surface area contributed by atoms with Gasteiger partial charge in [0, 0.05) is 17.4 Å². The zero-order valence-electron chi connectivity index (χ0n) is 13.7. The molecule has 122 valence electrons. The van der Waals surface area contributed by atoms with Gasteiger partial charge in [0.25, 0.3) is 5.91 Å². The van der Waals surface area contributed by atoms with Crippen molar-refractivity contribution in [1.29, 1.82) is 5.26 Å². The highest BCUT2D eigenvalue weighted by Crippen LogP contribution is 2.14. The maximum absolute atomic E-state index is 12.3. The molecule has 1 heterocycles. The van der Waals surface area contributed by atoms with Gasteiger partial charge in [0.15, 0.2) is 0 Å². The number of carbonyl (C=O) groups excluding carboxylic acids is 1. The zero-order chi connectivity index (χ0) is 17.6. The highest BCUT2D eigenvalue weighted by Gasteiger charge is 2.10. The molecule has 1 N–H and O–H groups in total. The lowest BCUT2D eigenvalue weighted by molar-refractivity contribution is -0.112. The monoisotopic (exact) mass is 328 g/mol. The molecule has 0 atom stereocenters. The first kappa shape index (κ1) is 16.2. The van der Waals surface area contributed by atoms with E-state index in [0.29, 0.717) is 11.3 Å². The fraction of sp³-hybridized carbons (Fsp3) is 0.0500. The van der Waals surface area contributed by atoms with Crippen LogP contribution in [0.15, 0.2) is 72.6 Å². The average molecular weight is 328 g/mol. The predicted octanol–water partition coefficient (Wildman–Crippen LogP) is 3.73. The van der Waals surface area contributed by atoms with Gasteiger partial charge in [-0.3, -0.25) is 4.79 Å². The van der Waals surface area contributed by atoms with Crippen molar-refractivity contribution in [3.63, 3.8) is 0 Å². The molecule has 0 saturated heterocycles. The van der Waals surface area contributed by atoms with Crippen molar-refractivity contribution >= 4 is 17.7 Å². The molecule has 5 nitrogen and oxygen atoms in total. The fourth-order valence-electron chi connectivity index (χ4n) is 2.37. The number of para-hydroxylation sites is 1. The van der Waals surface area contributed by atoms with Crippen LogP contribution in [0.5, 0.6) is 0 Å². The van der Waals surface area contributed by atoms with Crippen LogP contribution >= 0.6 is 0 Å². The summed E-state index contributed by atoms with van der Waals surface area (Å²) in [6.45, 7) is 1.94. The van der Waals surface area contributed by atoms with E-state index in [1.807, 2.05) is 61.5 Å². The number of benzene rings is 2. The first-order valence-electron chi connectivity index (χ1n) is 7.75. The van der Waals surface area contributed by atoms with E-state index < -0.39 is 5.91 Å². The van der Waals surface area contributed by atoms with E-state index in [4.69, 9.17) is 0 Å². The Morgan fingerprint density at radius 1 is 1.20 bits per heavy atom. The number of anilines is 1. The van der Waals surface area contributed by atoms with E-state index in [1.165, 1.54) is 6.08 Å². The third-order valence-corrected chi connectivity index (χ3v) is 3.58. The van der Waals surface area contributed by atoms with Crippen LogP contribution in [0.25, 0.3) is 11.8 Å². The lowest BCUT2D eigenvalue weighted by Crippen LogP contribution is -2.13. The van der Waals surface area contributed by atoms with Gasteiger partial charge in [-0.1, -0.05) is 30.3 Å². The molecule has 0 radical (unpaired) electrons. The number of carbonyl (C=O) groups is 1. The molecule has 0 saturated carbocycles. The summed E-state index contributed by atoms with van der Waals surface area (Å²) in [4.78, 5) is 12.3. The topological polar surface area (TPSA) is 70.7 Å². The van der Waals surface area contributed by atoms with Crippen molar-refractivity contribution in [3.05, 3.63) is 83.7 Å². The maximum atomic E-state index is 12.3. The molecule has 0 aliphatic rings. The molecule has 1 aromatic heterocycles. The molecule has 0 aliphatic carbocycles. The van der Waals surface area contributed by atoms with Crippen LogP contribution in [-0.2, 0) is 4.79 Å². The van der Waals surface area contributed by atoms with Gasteiger partial charge in [0.1, 0.15) is 11.6 Å². The minimum atomic E-state index is -0.444. The van der Waals surface area contributed by atoms with Crippen LogP contribution in [-0.4, -0.2) is 15.7 Å². The van der Waals surface area contributed by atoms with E-state index >= 15 is 0 Å². The first-order valence-corrected chi connectivity index (χ1v) is 7.75. The highest BCUT2D eigenvalue weighted by atomic mass is 16.1. The van der Waals surface area contributed by atoms with E-state index in [2.05, 4.69) is 10.4 Å². The molecule has 0 unspecified atom stereocenters. The van der Waals surface area contributed by atoms with Crippen LogP contribution in [0.3, 0.4) is 0 Å². The molecule has 0 spiro atoms. The second kappa shape index (κ2) is 7.28. The van der Waals surface area contributed by atoms with Crippen molar-refractivity contribution in [1.82, 2.24) is 9.78 Å². The SMILES string of the molecule is Cc1cccc(NC(=O)/C(C#N)=C/c2cnn(-c3ccccc3)c2)c1. The fourth-order valence-corrected chi connectivity index (χ4v) is 2.37. The summed E-state index contributed by atoms with van der Waals surface area (Å²) in [5, 5.41) is 16.3. The van der Waals surface area contributed by atoms with Gasteiger partial charge in [0.2, 0.25) is 0 Å². The Bertz CT molecular complexity index is 965. The van der Waals surface area contributed by atoms with Gasteiger partial charge < -0.3 is 5.32 Å².